The quantitative estimate of drug-likeness (QED) is 0.603. The largest absolute Gasteiger partial charge is 0.383 e. The number of amides is 1. The Morgan fingerprint density at radius 1 is 1.61 bits per heavy atom. The Balaban J connectivity index is 2.21. The first-order valence-electron chi connectivity index (χ1n) is 6.84. The zero-order chi connectivity index (χ0) is 13.4. The van der Waals surface area contributed by atoms with Gasteiger partial charge >= 0.3 is 0 Å². The molecule has 0 aromatic carbocycles. The molecule has 5 nitrogen and oxygen atoms in total. The molecule has 106 valence electrons. The van der Waals surface area contributed by atoms with Gasteiger partial charge in [-0.25, -0.2) is 0 Å². The molecule has 0 aromatic heterocycles. The zero-order valence-electron chi connectivity index (χ0n) is 11.7. The van der Waals surface area contributed by atoms with Crippen LogP contribution in [0.4, 0.5) is 0 Å². The molecule has 5 heteroatoms. The van der Waals surface area contributed by atoms with Crippen molar-refractivity contribution >= 4 is 5.91 Å². The minimum atomic E-state index is -0.199. The van der Waals surface area contributed by atoms with Crippen molar-refractivity contribution < 1.29 is 9.53 Å². The molecule has 0 spiro atoms. The zero-order valence-corrected chi connectivity index (χ0v) is 11.7. The summed E-state index contributed by atoms with van der Waals surface area (Å²) in [4.78, 5) is 13.4. The number of carbonyl (C=O) groups is 1. The van der Waals surface area contributed by atoms with Gasteiger partial charge in [-0.15, -0.1) is 0 Å². The number of piperidine rings is 1. The van der Waals surface area contributed by atoms with Gasteiger partial charge in [0.05, 0.1) is 6.61 Å². The van der Waals surface area contributed by atoms with Crippen LogP contribution in [0.15, 0.2) is 0 Å². The molecule has 2 unspecified atom stereocenters. The van der Waals surface area contributed by atoms with Gasteiger partial charge in [0.2, 0.25) is 5.91 Å². The standard InChI is InChI=1S/C13H27N3O2/c1-11(13(14)17)9-16-6-3-4-12(10-16)8-15-5-7-18-2/h11-12,15H,3-10H2,1-2H3,(H2,14,17). The number of likely N-dealkylation sites (tertiary alicyclic amines) is 1. The van der Waals surface area contributed by atoms with Crippen molar-refractivity contribution in [2.24, 2.45) is 17.6 Å². The second kappa shape index (κ2) is 8.45. The van der Waals surface area contributed by atoms with Crippen LogP contribution >= 0.6 is 0 Å². The first-order chi connectivity index (χ1) is 8.63. The van der Waals surface area contributed by atoms with E-state index in [1.54, 1.807) is 7.11 Å². The second-order valence-corrected chi connectivity index (χ2v) is 5.27. The fraction of sp³-hybridized carbons (Fsp3) is 0.923. The van der Waals surface area contributed by atoms with Crippen LogP contribution in [-0.4, -0.2) is 57.2 Å². The van der Waals surface area contributed by atoms with Crippen molar-refractivity contribution in [3.63, 3.8) is 0 Å². The minimum Gasteiger partial charge on any atom is -0.383 e. The molecule has 0 aromatic rings. The number of rotatable bonds is 8. The van der Waals surface area contributed by atoms with Crippen LogP contribution in [0.2, 0.25) is 0 Å². The van der Waals surface area contributed by atoms with Gasteiger partial charge in [-0.1, -0.05) is 6.92 Å². The summed E-state index contributed by atoms with van der Waals surface area (Å²) < 4.78 is 5.01. The first kappa shape index (κ1) is 15.4. The molecule has 1 fully saturated rings. The highest BCUT2D eigenvalue weighted by Crippen LogP contribution is 2.16. The highest BCUT2D eigenvalue weighted by molar-refractivity contribution is 5.76. The number of methoxy groups -OCH3 is 1. The van der Waals surface area contributed by atoms with Gasteiger partial charge in [0, 0.05) is 32.7 Å². The molecule has 2 atom stereocenters. The third-order valence-corrected chi connectivity index (χ3v) is 3.54. The van der Waals surface area contributed by atoms with E-state index in [4.69, 9.17) is 10.5 Å². The van der Waals surface area contributed by atoms with Gasteiger partial charge in [0.25, 0.3) is 0 Å². The van der Waals surface area contributed by atoms with E-state index >= 15 is 0 Å². The molecule has 18 heavy (non-hydrogen) atoms. The van der Waals surface area contributed by atoms with Crippen LogP contribution in [-0.2, 0) is 9.53 Å². The average Bonchev–Trinajstić information content (AvgIpc) is 2.35. The van der Waals surface area contributed by atoms with Gasteiger partial charge in [0.1, 0.15) is 0 Å². The van der Waals surface area contributed by atoms with E-state index < -0.39 is 0 Å². The maximum Gasteiger partial charge on any atom is 0.221 e. The highest BCUT2D eigenvalue weighted by Gasteiger charge is 2.22. The van der Waals surface area contributed by atoms with Gasteiger partial charge in [-0.05, 0) is 31.8 Å². The van der Waals surface area contributed by atoms with Gasteiger partial charge in [-0.3, -0.25) is 4.79 Å². The number of hydrogen-bond acceptors (Lipinski definition) is 4. The monoisotopic (exact) mass is 257 g/mol. The summed E-state index contributed by atoms with van der Waals surface area (Å²) in [6, 6.07) is 0. The molecule has 0 aliphatic carbocycles. The second-order valence-electron chi connectivity index (χ2n) is 5.27. The molecule has 0 radical (unpaired) electrons. The van der Waals surface area contributed by atoms with Gasteiger partial charge in [0.15, 0.2) is 0 Å². The van der Waals surface area contributed by atoms with Gasteiger partial charge in [-0.2, -0.15) is 0 Å². The Morgan fingerprint density at radius 2 is 2.39 bits per heavy atom. The maximum absolute atomic E-state index is 11.1. The summed E-state index contributed by atoms with van der Waals surface area (Å²) in [6.07, 6.45) is 2.48. The highest BCUT2D eigenvalue weighted by atomic mass is 16.5. The molecule has 1 rings (SSSR count). The van der Waals surface area contributed by atoms with E-state index in [2.05, 4.69) is 10.2 Å². The number of hydrogen-bond donors (Lipinski definition) is 2. The van der Waals surface area contributed by atoms with Crippen LogP contribution in [0.25, 0.3) is 0 Å². The summed E-state index contributed by atoms with van der Waals surface area (Å²) in [7, 11) is 1.72. The topological polar surface area (TPSA) is 67.6 Å². The molecule has 3 N–H and O–H groups in total. The number of nitrogens with zero attached hydrogens (tertiary/aromatic N) is 1. The molecule has 1 heterocycles. The summed E-state index contributed by atoms with van der Waals surface area (Å²) in [6.45, 7) is 7.56. The number of carbonyl (C=O) groups excluding carboxylic acids is 1. The molecule has 1 amide bonds. The third-order valence-electron chi connectivity index (χ3n) is 3.54. The van der Waals surface area contributed by atoms with Crippen LogP contribution in [0, 0.1) is 11.8 Å². The van der Waals surface area contributed by atoms with Crippen molar-refractivity contribution in [1.29, 1.82) is 0 Å². The lowest BCUT2D eigenvalue weighted by Crippen LogP contribution is -2.43. The van der Waals surface area contributed by atoms with Crippen molar-refractivity contribution in [1.82, 2.24) is 10.2 Å². The Bertz CT molecular complexity index is 248. The van der Waals surface area contributed by atoms with Crippen molar-refractivity contribution in [2.75, 3.05) is 46.4 Å². The summed E-state index contributed by atoms with van der Waals surface area (Å²) in [5, 5.41) is 3.41. The number of ether oxygens (including phenoxy) is 1. The lowest BCUT2D eigenvalue weighted by molar-refractivity contribution is -0.122. The molecule has 1 aliphatic heterocycles. The minimum absolute atomic E-state index is 0.0507. The molecule has 0 saturated carbocycles. The van der Waals surface area contributed by atoms with Crippen molar-refractivity contribution in [3.05, 3.63) is 0 Å². The first-order valence-corrected chi connectivity index (χ1v) is 6.84. The number of primary amides is 1. The van der Waals surface area contributed by atoms with E-state index in [0.717, 1.165) is 39.3 Å². The average molecular weight is 257 g/mol. The van der Waals surface area contributed by atoms with E-state index in [0.29, 0.717) is 5.92 Å². The van der Waals surface area contributed by atoms with Crippen LogP contribution in [0.3, 0.4) is 0 Å². The lowest BCUT2D eigenvalue weighted by Gasteiger charge is -2.33. The van der Waals surface area contributed by atoms with E-state index in [-0.39, 0.29) is 11.8 Å². The molecule has 1 saturated heterocycles. The predicted octanol–water partition coefficient (Wildman–Crippen LogP) is 0.0558. The van der Waals surface area contributed by atoms with E-state index in [1.807, 2.05) is 6.92 Å². The SMILES string of the molecule is COCCNCC1CCCN(CC(C)C(N)=O)C1. The lowest BCUT2D eigenvalue weighted by atomic mass is 9.97. The number of nitrogens with two attached hydrogens (primary N) is 1. The summed E-state index contributed by atoms with van der Waals surface area (Å²) in [5.74, 6) is 0.427. The van der Waals surface area contributed by atoms with Crippen LogP contribution < -0.4 is 11.1 Å². The van der Waals surface area contributed by atoms with Gasteiger partial charge < -0.3 is 20.7 Å². The summed E-state index contributed by atoms with van der Waals surface area (Å²) in [5.41, 5.74) is 5.31. The van der Waals surface area contributed by atoms with E-state index in [1.165, 1.54) is 12.8 Å². The van der Waals surface area contributed by atoms with Crippen molar-refractivity contribution in [3.8, 4) is 0 Å². The van der Waals surface area contributed by atoms with Crippen LogP contribution in [0.1, 0.15) is 19.8 Å². The fourth-order valence-corrected chi connectivity index (χ4v) is 2.44. The number of nitrogens with one attached hydrogen (secondary N) is 1. The fourth-order valence-electron chi connectivity index (χ4n) is 2.44. The molecule has 1 aliphatic rings. The smallest absolute Gasteiger partial charge is 0.221 e. The molecular formula is C13H27N3O2. The predicted molar refractivity (Wildman–Crippen MR) is 72.3 cm³/mol. The maximum atomic E-state index is 11.1. The van der Waals surface area contributed by atoms with Crippen LogP contribution in [0.5, 0.6) is 0 Å². The molecule has 0 bridgehead atoms. The Morgan fingerprint density at radius 3 is 3.06 bits per heavy atom. The normalized spacial score (nSPS) is 22.9. The van der Waals surface area contributed by atoms with Crippen molar-refractivity contribution in [2.45, 2.75) is 19.8 Å². The molecular weight excluding hydrogens is 230 g/mol. The van der Waals surface area contributed by atoms with E-state index in [9.17, 15) is 4.79 Å². The summed E-state index contributed by atoms with van der Waals surface area (Å²) >= 11 is 0. The Kier molecular flexibility index (Phi) is 7.23. The third kappa shape index (κ3) is 5.80. The Hall–Kier alpha value is -0.650. The Labute approximate surface area is 110 Å².